The first-order valence-corrected chi connectivity index (χ1v) is 7.83. The van der Waals surface area contributed by atoms with Gasteiger partial charge in [-0.3, -0.25) is 9.59 Å². The number of nitrogens with one attached hydrogen (secondary N) is 1. The van der Waals surface area contributed by atoms with Crippen molar-refractivity contribution in [2.75, 3.05) is 6.54 Å². The number of Topliss-reactive ketones (excluding diaryl/α,β-unsaturated/α-hetero) is 1. The van der Waals surface area contributed by atoms with Gasteiger partial charge in [-0.25, -0.2) is 0 Å². The van der Waals surface area contributed by atoms with E-state index in [0.29, 0.717) is 19.4 Å². The minimum atomic E-state index is 0.0110. The summed E-state index contributed by atoms with van der Waals surface area (Å²) in [4.78, 5) is 24.0. The lowest BCUT2D eigenvalue weighted by Crippen LogP contribution is -2.29. The lowest BCUT2D eigenvalue weighted by Gasteiger charge is -2.29. The predicted octanol–water partition coefficient (Wildman–Crippen LogP) is 2.87. The van der Waals surface area contributed by atoms with Crippen LogP contribution in [0.25, 0.3) is 0 Å². The number of rotatable bonds is 5. The fourth-order valence-electron chi connectivity index (χ4n) is 3.08. The van der Waals surface area contributed by atoms with E-state index in [4.69, 9.17) is 0 Å². The van der Waals surface area contributed by atoms with Crippen LogP contribution in [0.4, 0.5) is 0 Å². The summed E-state index contributed by atoms with van der Waals surface area (Å²) in [5.74, 6) is 0.318. The molecule has 0 atom stereocenters. The van der Waals surface area contributed by atoms with Crippen molar-refractivity contribution in [1.29, 1.82) is 0 Å². The average Bonchev–Trinajstić information content (AvgIpc) is 2.69. The minimum Gasteiger partial charge on any atom is -0.356 e. The molecule has 0 spiro atoms. The molecule has 1 heterocycles. The number of aromatic nitrogens is 1. The van der Waals surface area contributed by atoms with Crippen molar-refractivity contribution in [3.05, 3.63) is 23.0 Å². The summed E-state index contributed by atoms with van der Waals surface area (Å²) in [6, 6.07) is 1.98. The van der Waals surface area contributed by atoms with Crippen LogP contribution in [0.5, 0.6) is 0 Å². The van der Waals surface area contributed by atoms with Crippen LogP contribution in [0.2, 0.25) is 0 Å². The van der Waals surface area contributed by atoms with Crippen molar-refractivity contribution in [2.24, 2.45) is 5.41 Å². The highest BCUT2D eigenvalue weighted by atomic mass is 16.1. The number of amides is 1. The summed E-state index contributed by atoms with van der Waals surface area (Å²) in [6.07, 6.45) is 2.93. The second-order valence-corrected chi connectivity index (χ2v) is 6.84. The lowest BCUT2D eigenvalue weighted by atomic mass is 9.76. The van der Waals surface area contributed by atoms with E-state index < -0.39 is 0 Å². The minimum absolute atomic E-state index is 0.0110. The summed E-state index contributed by atoms with van der Waals surface area (Å²) in [6.45, 7) is 9.71. The summed E-state index contributed by atoms with van der Waals surface area (Å²) in [5.41, 5.74) is 3.06. The van der Waals surface area contributed by atoms with Crippen molar-refractivity contribution in [3.8, 4) is 0 Å². The molecule has 1 aliphatic rings. The third-order valence-corrected chi connectivity index (χ3v) is 4.14. The SMILES string of the molecule is CCCNC(=O)CCn1c(C)cc2c1CC(C)(C)CC2=O. The van der Waals surface area contributed by atoms with Crippen molar-refractivity contribution >= 4 is 11.7 Å². The Hall–Kier alpha value is -1.58. The van der Waals surface area contributed by atoms with Gasteiger partial charge in [0, 0.05) is 42.9 Å². The largest absolute Gasteiger partial charge is 0.356 e. The number of hydrogen-bond acceptors (Lipinski definition) is 2. The molecule has 4 nitrogen and oxygen atoms in total. The molecular weight excluding hydrogens is 264 g/mol. The van der Waals surface area contributed by atoms with Gasteiger partial charge in [0.2, 0.25) is 5.91 Å². The van der Waals surface area contributed by atoms with Gasteiger partial charge in [-0.2, -0.15) is 0 Å². The molecule has 1 amide bonds. The Morgan fingerprint density at radius 2 is 2.10 bits per heavy atom. The van der Waals surface area contributed by atoms with Gasteiger partial charge in [-0.15, -0.1) is 0 Å². The second-order valence-electron chi connectivity index (χ2n) is 6.84. The summed E-state index contributed by atoms with van der Waals surface area (Å²) in [7, 11) is 0. The molecule has 0 bridgehead atoms. The molecule has 21 heavy (non-hydrogen) atoms. The van der Waals surface area contributed by atoms with Crippen LogP contribution in [-0.4, -0.2) is 22.8 Å². The van der Waals surface area contributed by atoms with E-state index in [-0.39, 0.29) is 17.1 Å². The van der Waals surface area contributed by atoms with Gasteiger partial charge >= 0.3 is 0 Å². The molecule has 0 unspecified atom stereocenters. The van der Waals surface area contributed by atoms with E-state index in [9.17, 15) is 9.59 Å². The molecular formula is C17H26N2O2. The highest BCUT2D eigenvalue weighted by Gasteiger charge is 2.33. The van der Waals surface area contributed by atoms with E-state index in [1.165, 1.54) is 0 Å². The zero-order valence-corrected chi connectivity index (χ0v) is 13.6. The van der Waals surface area contributed by atoms with Gasteiger partial charge in [0.25, 0.3) is 0 Å². The highest BCUT2D eigenvalue weighted by molar-refractivity contribution is 5.99. The van der Waals surface area contributed by atoms with Crippen LogP contribution in [0.1, 0.15) is 61.8 Å². The first kappa shape index (κ1) is 15.8. The fraction of sp³-hybridized carbons (Fsp3) is 0.647. The molecule has 116 valence electrons. The Kier molecular flexibility index (Phi) is 4.55. The van der Waals surface area contributed by atoms with Crippen LogP contribution in [0, 0.1) is 12.3 Å². The molecule has 0 fully saturated rings. The molecule has 0 radical (unpaired) electrons. The number of hydrogen-bond donors (Lipinski definition) is 1. The summed E-state index contributed by atoms with van der Waals surface area (Å²) in [5, 5.41) is 2.90. The van der Waals surface area contributed by atoms with Gasteiger partial charge < -0.3 is 9.88 Å². The number of ketones is 1. The maximum atomic E-state index is 12.3. The molecule has 1 N–H and O–H groups in total. The number of aryl methyl sites for hydroxylation is 1. The third-order valence-electron chi connectivity index (χ3n) is 4.14. The van der Waals surface area contributed by atoms with E-state index in [1.54, 1.807) is 0 Å². The monoisotopic (exact) mass is 290 g/mol. The smallest absolute Gasteiger partial charge is 0.221 e. The third kappa shape index (κ3) is 3.55. The summed E-state index contributed by atoms with van der Waals surface area (Å²) >= 11 is 0. The quantitative estimate of drug-likeness (QED) is 0.906. The van der Waals surface area contributed by atoms with Crippen molar-refractivity contribution in [3.63, 3.8) is 0 Å². The van der Waals surface area contributed by atoms with E-state index >= 15 is 0 Å². The molecule has 4 heteroatoms. The van der Waals surface area contributed by atoms with Crippen LogP contribution < -0.4 is 5.32 Å². The van der Waals surface area contributed by atoms with Gasteiger partial charge in [-0.1, -0.05) is 20.8 Å². The Morgan fingerprint density at radius 3 is 2.76 bits per heavy atom. The first-order chi connectivity index (χ1) is 9.84. The Bertz CT molecular complexity index is 555. The van der Waals surface area contributed by atoms with Crippen molar-refractivity contribution in [1.82, 2.24) is 9.88 Å². The highest BCUT2D eigenvalue weighted by Crippen LogP contribution is 2.36. The maximum absolute atomic E-state index is 12.3. The molecule has 0 saturated carbocycles. The number of nitrogens with zero attached hydrogens (tertiary/aromatic N) is 1. The van der Waals surface area contributed by atoms with Crippen LogP contribution in [0.3, 0.4) is 0 Å². The number of carbonyl (C=O) groups excluding carboxylic acids is 2. The molecule has 0 saturated heterocycles. The topological polar surface area (TPSA) is 51.1 Å². The molecule has 0 aromatic carbocycles. The standard InChI is InChI=1S/C17H26N2O2/c1-5-7-18-16(21)6-8-19-12(2)9-13-14(19)10-17(3,4)11-15(13)20/h9H,5-8,10-11H2,1-4H3,(H,18,21). The van der Waals surface area contributed by atoms with Gasteiger partial charge in [0.1, 0.15) is 0 Å². The Morgan fingerprint density at radius 1 is 1.38 bits per heavy atom. The number of fused-ring (bicyclic) bond motifs is 1. The Labute approximate surface area is 126 Å². The first-order valence-electron chi connectivity index (χ1n) is 7.83. The van der Waals surface area contributed by atoms with E-state index in [2.05, 4.69) is 23.7 Å². The zero-order chi connectivity index (χ0) is 15.6. The van der Waals surface area contributed by atoms with Crippen LogP contribution in [0.15, 0.2) is 6.07 Å². The van der Waals surface area contributed by atoms with Gasteiger partial charge in [0.05, 0.1) is 0 Å². The zero-order valence-electron chi connectivity index (χ0n) is 13.6. The fourth-order valence-corrected chi connectivity index (χ4v) is 3.08. The average molecular weight is 290 g/mol. The molecule has 1 aliphatic carbocycles. The van der Waals surface area contributed by atoms with Crippen molar-refractivity contribution < 1.29 is 9.59 Å². The molecule has 1 aromatic rings. The lowest BCUT2D eigenvalue weighted by molar-refractivity contribution is -0.121. The Balaban J connectivity index is 2.14. The number of carbonyl (C=O) groups is 2. The van der Waals surface area contributed by atoms with E-state index in [0.717, 1.165) is 36.3 Å². The van der Waals surface area contributed by atoms with Crippen LogP contribution in [-0.2, 0) is 17.8 Å². The van der Waals surface area contributed by atoms with Crippen molar-refractivity contribution in [2.45, 2.75) is 59.9 Å². The molecule has 1 aromatic heterocycles. The maximum Gasteiger partial charge on any atom is 0.221 e. The molecule has 2 rings (SSSR count). The predicted molar refractivity (Wildman–Crippen MR) is 83.5 cm³/mol. The molecule has 0 aliphatic heterocycles. The van der Waals surface area contributed by atoms with Crippen LogP contribution >= 0.6 is 0 Å². The summed E-state index contributed by atoms with van der Waals surface area (Å²) < 4.78 is 2.15. The van der Waals surface area contributed by atoms with E-state index in [1.807, 2.05) is 19.9 Å². The second kappa shape index (κ2) is 6.04. The normalized spacial score (nSPS) is 16.7. The van der Waals surface area contributed by atoms with Gasteiger partial charge in [-0.05, 0) is 31.2 Å². The van der Waals surface area contributed by atoms with Gasteiger partial charge in [0.15, 0.2) is 5.78 Å².